The summed E-state index contributed by atoms with van der Waals surface area (Å²) in [6, 6.07) is 17.2. The first-order valence-corrected chi connectivity index (χ1v) is 9.32. The minimum atomic E-state index is -0.362. The number of nitrogens with zero attached hydrogens (tertiary/aromatic N) is 1. The van der Waals surface area contributed by atoms with Crippen molar-refractivity contribution < 1.29 is 4.79 Å². The van der Waals surface area contributed by atoms with Crippen LogP contribution >= 0.6 is 0 Å². The monoisotopic (exact) mass is 347 g/mol. The summed E-state index contributed by atoms with van der Waals surface area (Å²) in [6.45, 7) is 3.40. The number of para-hydroxylation sites is 1. The lowest BCUT2D eigenvalue weighted by molar-refractivity contribution is 0.0991. The molecule has 1 aliphatic carbocycles. The number of carbonyl (C=O) groups is 1. The molecular formula is C22H25N3O. The summed E-state index contributed by atoms with van der Waals surface area (Å²) in [5.41, 5.74) is 10.9. The number of fused-ring (bicyclic) bond motifs is 1. The van der Waals surface area contributed by atoms with Crippen LogP contribution in [0.1, 0.15) is 46.4 Å². The van der Waals surface area contributed by atoms with Crippen LogP contribution in [0.4, 0.5) is 0 Å². The van der Waals surface area contributed by atoms with E-state index in [0.29, 0.717) is 24.8 Å². The van der Waals surface area contributed by atoms with E-state index < -0.39 is 0 Å². The number of aryl methyl sites for hydroxylation is 1. The largest absolute Gasteiger partial charge is 0.364 e. The van der Waals surface area contributed by atoms with Crippen molar-refractivity contribution in [3.8, 4) is 0 Å². The van der Waals surface area contributed by atoms with Crippen LogP contribution in [-0.4, -0.2) is 16.5 Å². The molecule has 1 amide bonds. The Morgan fingerprint density at radius 2 is 1.88 bits per heavy atom. The molecule has 0 spiro atoms. The fourth-order valence-electron chi connectivity index (χ4n) is 3.73. The van der Waals surface area contributed by atoms with Gasteiger partial charge >= 0.3 is 0 Å². The first-order valence-electron chi connectivity index (χ1n) is 9.32. The second kappa shape index (κ2) is 6.96. The van der Waals surface area contributed by atoms with Crippen LogP contribution in [0, 0.1) is 6.92 Å². The Morgan fingerprint density at radius 3 is 2.54 bits per heavy atom. The molecule has 1 aromatic heterocycles. The highest BCUT2D eigenvalue weighted by Crippen LogP contribution is 2.28. The maximum Gasteiger partial charge on any atom is 0.265 e. The minimum Gasteiger partial charge on any atom is -0.364 e. The lowest BCUT2D eigenvalue weighted by atomic mass is 9.93. The highest BCUT2D eigenvalue weighted by Gasteiger charge is 2.23. The normalized spacial score (nSPS) is 14.5. The van der Waals surface area contributed by atoms with Gasteiger partial charge in [-0.05, 0) is 31.4 Å². The second-order valence-electron chi connectivity index (χ2n) is 7.29. The molecule has 4 rings (SSSR count). The fourth-order valence-corrected chi connectivity index (χ4v) is 3.73. The molecule has 26 heavy (non-hydrogen) atoms. The topological polar surface area (TPSA) is 60.0 Å². The van der Waals surface area contributed by atoms with Gasteiger partial charge in [0.1, 0.15) is 5.69 Å². The number of benzene rings is 2. The van der Waals surface area contributed by atoms with E-state index in [-0.39, 0.29) is 5.91 Å². The second-order valence-corrected chi connectivity index (χ2v) is 7.29. The quantitative estimate of drug-likeness (QED) is 0.713. The van der Waals surface area contributed by atoms with Crippen molar-refractivity contribution in [1.29, 1.82) is 0 Å². The van der Waals surface area contributed by atoms with Crippen molar-refractivity contribution in [3.05, 3.63) is 70.9 Å². The van der Waals surface area contributed by atoms with Crippen molar-refractivity contribution in [2.45, 2.75) is 45.3 Å². The molecule has 0 unspecified atom stereocenters. The number of amides is 1. The Hall–Kier alpha value is -2.59. The summed E-state index contributed by atoms with van der Waals surface area (Å²) >= 11 is 0. The Balaban J connectivity index is 1.78. The van der Waals surface area contributed by atoms with E-state index in [1.807, 2.05) is 12.1 Å². The summed E-state index contributed by atoms with van der Waals surface area (Å²) in [7, 11) is 0. The number of aromatic nitrogens is 1. The number of rotatable bonds is 6. The molecule has 1 heterocycles. The number of carbonyl (C=O) groups excluding carboxylic acids is 1. The maximum atomic E-state index is 12.4. The first-order chi connectivity index (χ1) is 12.6. The van der Waals surface area contributed by atoms with Gasteiger partial charge in [-0.3, -0.25) is 4.79 Å². The van der Waals surface area contributed by atoms with Gasteiger partial charge in [0.05, 0.1) is 0 Å². The predicted molar refractivity (Wildman–Crippen MR) is 105 cm³/mol. The van der Waals surface area contributed by atoms with Gasteiger partial charge in [-0.1, -0.05) is 54.4 Å². The molecule has 134 valence electrons. The van der Waals surface area contributed by atoms with Crippen LogP contribution in [0.5, 0.6) is 0 Å². The van der Waals surface area contributed by atoms with Crippen molar-refractivity contribution in [1.82, 2.24) is 9.88 Å². The third kappa shape index (κ3) is 3.13. The molecule has 4 heteroatoms. The zero-order chi connectivity index (χ0) is 18.1. The van der Waals surface area contributed by atoms with Gasteiger partial charge < -0.3 is 15.6 Å². The molecule has 0 saturated heterocycles. The Labute approximate surface area is 154 Å². The number of hydrogen-bond acceptors (Lipinski definition) is 2. The van der Waals surface area contributed by atoms with Gasteiger partial charge in [0.25, 0.3) is 5.91 Å². The lowest BCUT2D eigenvalue weighted by Gasteiger charge is -2.26. The molecule has 0 aliphatic heterocycles. The first kappa shape index (κ1) is 16.9. The van der Waals surface area contributed by atoms with Gasteiger partial charge in [0.2, 0.25) is 0 Å². The van der Waals surface area contributed by atoms with Crippen molar-refractivity contribution in [3.63, 3.8) is 0 Å². The third-order valence-corrected chi connectivity index (χ3v) is 5.44. The molecular weight excluding hydrogens is 322 g/mol. The van der Waals surface area contributed by atoms with Gasteiger partial charge in [-0.2, -0.15) is 0 Å². The molecule has 1 aliphatic rings. The molecule has 2 aromatic carbocycles. The maximum absolute atomic E-state index is 12.4. The summed E-state index contributed by atoms with van der Waals surface area (Å²) in [5.74, 6) is -0.362. The number of primary amides is 1. The number of nitrogens with one attached hydrogen (secondary N) is 1. The Morgan fingerprint density at radius 1 is 1.15 bits per heavy atom. The molecule has 3 N–H and O–H groups in total. The Kier molecular flexibility index (Phi) is 4.51. The van der Waals surface area contributed by atoms with Crippen LogP contribution in [0.15, 0.2) is 48.5 Å². The van der Waals surface area contributed by atoms with Gasteiger partial charge in [-0.15, -0.1) is 0 Å². The number of hydrogen-bond donors (Lipinski definition) is 2. The summed E-state index contributed by atoms with van der Waals surface area (Å²) in [6.07, 6.45) is 3.72. The van der Waals surface area contributed by atoms with Crippen molar-refractivity contribution in [2.75, 3.05) is 0 Å². The lowest BCUT2D eigenvalue weighted by Crippen LogP contribution is -2.35. The van der Waals surface area contributed by atoms with Crippen LogP contribution in [0.25, 0.3) is 10.9 Å². The molecule has 0 radical (unpaired) electrons. The molecule has 0 atom stereocenters. The number of nitrogens with two attached hydrogens (primary N) is 1. The van der Waals surface area contributed by atoms with E-state index in [2.05, 4.69) is 53.2 Å². The van der Waals surface area contributed by atoms with E-state index in [4.69, 9.17) is 5.73 Å². The average molecular weight is 347 g/mol. The summed E-state index contributed by atoms with van der Waals surface area (Å²) in [4.78, 5) is 12.4. The molecule has 1 saturated carbocycles. The van der Waals surface area contributed by atoms with E-state index in [1.54, 1.807) is 0 Å². The van der Waals surface area contributed by atoms with E-state index in [0.717, 1.165) is 22.0 Å². The summed E-state index contributed by atoms with van der Waals surface area (Å²) < 4.78 is 2.07. The van der Waals surface area contributed by atoms with Gasteiger partial charge in [0.15, 0.2) is 0 Å². The smallest absolute Gasteiger partial charge is 0.265 e. The predicted octanol–water partition coefficient (Wildman–Crippen LogP) is 3.74. The minimum absolute atomic E-state index is 0.362. The Bertz CT molecular complexity index is 936. The van der Waals surface area contributed by atoms with Crippen LogP contribution in [0.3, 0.4) is 0 Å². The van der Waals surface area contributed by atoms with Crippen LogP contribution in [-0.2, 0) is 13.1 Å². The summed E-state index contributed by atoms with van der Waals surface area (Å²) in [5, 5.41) is 4.70. The van der Waals surface area contributed by atoms with Crippen molar-refractivity contribution in [2.24, 2.45) is 5.73 Å². The van der Waals surface area contributed by atoms with E-state index in [1.165, 1.54) is 24.8 Å². The highest BCUT2D eigenvalue weighted by atomic mass is 16.1. The molecule has 3 aromatic rings. The highest BCUT2D eigenvalue weighted by molar-refractivity contribution is 6.01. The third-order valence-electron chi connectivity index (χ3n) is 5.44. The zero-order valence-electron chi connectivity index (χ0n) is 15.2. The van der Waals surface area contributed by atoms with E-state index in [9.17, 15) is 4.79 Å². The van der Waals surface area contributed by atoms with Gasteiger partial charge in [-0.25, -0.2) is 0 Å². The molecule has 1 fully saturated rings. The van der Waals surface area contributed by atoms with Crippen LogP contribution in [0.2, 0.25) is 0 Å². The standard InChI is InChI=1S/C22H25N3O/c1-15-9-11-16(12-10-15)14-25-20-8-3-2-7-18(20)19(21(25)22(23)26)13-24-17-5-4-6-17/h2-3,7-12,17,24H,4-6,13-14H2,1H3,(H2,23,26). The fraction of sp³-hybridized carbons (Fsp3) is 0.318. The zero-order valence-corrected chi connectivity index (χ0v) is 15.2. The van der Waals surface area contributed by atoms with Crippen molar-refractivity contribution >= 4 is 16.8 Å². The van der Waals surface area contributed by atoms with Crippen LogP contribution < -0.4 is 11.1 Å². The van der Waals surface area contributed by atoms with Gasteiger partial charge in [0, 0.05) is 35.6 Å². The average Bonchev–Trinajstić information content (AvgIpc) is 2.90. The molecule has 0 bridgehead atoms. The van der Waals surface area contributed by atoms with E-state index >= 15 is 0 Å². The molecule has 4 nitrogen and oxygen atoms in total. The SMILES string of the molecule is Cc1ccc(Cn2c(C(N)=O)c(CNC3CCC3)c3ccccc32)cc1.